The van der Waals surface area contributed by atoms with Gasteiger partial charge in [-0.2, -0.15) is 0 Å². The first kappa shape index (κ1) is 80.2. The first-order valence-electron chi connectivity index (χ1n) is 37.4. The number of aliphatic hydroxyl groups excluding tert-OH is 3. The first-order chi connectivity index (χ1) is 52.5. The number of esters is 1. The van der Waals surface area contributed by atoms with Crippen LogP contribution in [0.25, 0.3) is 0 Å². The highest BCUT2D eigenvalue weighted by Gasteiger charge is 2.59. The van der Waals surface area contributed by atoms with Crippen molar-refractivity contribution < 1.29 is 105 Å². The van der Waals surface area contributed by atoms with Gasteiger partial charge < -0.3 is 101 Å². The third-order valence-electron chi connectivity index (χ3n) is 20.2. The molecule has 108 heavy (non-hydrogen) atoms. The summed E-state index contributed by atoms with van der Waals surface area (Å²) in [5, 5.41) is 39.0. The van der Waals surface area contributed by atoms with Crippen LogP contribution in [0.1, 0.15) is 87.4 Å². The molecule has 7 aromatic rings. The summed E-state index contributed by atoms with van der Waals surface area (Å²) in [4.78, 5) is 26.7. The second-order valence-corrected chi connectivity index (χ2v) is 28.3. The number of ether oxygens (including phenoxy) is 17. The van der Waals surface area contributed by atoms with Crippen LogP contribution in [0.3, 0.4) is 0 Å². The Morgan fingerprint density at radius 3 is 1.12 bits per heavy atom. The van der Waals surface area contributed by atoms with Gasteiger partial charge in [0.05, 0.1) is 96.0 Å². The van der Waals surface area contributed by atoms with E-state index < -0.39 is 172 Å². The molecule has 4 N–H and O–H groups in total. The van der Waals surface area contributed by atoms with Gasteiger partial charge in [0, 0.05) is 19.8 Å². The molecule has 23 heteroatoms. The Bertz CT molecular complexity index is 3770. The van der Waals surface area contributed by atoms with Gasteiger partial charge in [0.15, 0.2) is 31.3 Å². The largest absolute Gasteiger partial charge is 0.454 e. The minimum Gasteiger partial charge on any atom is -0.454 e. The van der Waals surface area contributed by atoms with E-state index in [1.54, 1.807) is 13.8 Å². The molecule has 0 aromatic heterocycles. The second-order valence-electron chi connectivity index (χ2n) is 28.3. The van der Waals surface area contributed by atoms with Gasteiger partial charge in [0.1, 0.15) is 79.4 Å². The molecule has 1 amide bonds. The maximum Gasteiger partial charge on any atom is 0.303 e. The number of amides is 1. The molecule has 580 valence electrons. The zero-order valence-electron chi connectivity index (χ0n) is 62.1. The smallest absolute Gasteiger partial charge is 0.303 e. The normalized spacial score (nSPS) is 32.9. The van der Waals surface area contributed by atoms with E-state index in [9.17, 15) is 24.9 Å². The first-order valence-corrected chi connectivity index (χ1v) is 37.4. The third-order valence-corrected chi connectivity index (χ3v) is 20.2. The van der Waals surface area contributed by atoms with E-state index in [2.05, 4.69) is 5.32 Å². The van der Waals surface area contributed by atoms with Crippen LogP contribution in [0, 0.1) is 5.92 Å². The second kappa shape index (κ2) is 39.6. The van der Waals surface area contributed by atoms with Crippen molar-refractivity contribution in [2.24, 2.45) is 5.92 Å². The number of carbonyl (C=O) groups excluding carboxylic acids is 2. The van der Waals surface area contributed by atoms with Gasteiger partial charge in [0.25, 0.3) is 0 Å². The van der Waals surface area contributed by atoms with Crippen molar-refractivity contribution in [2.75, 3.05) is 13.2 Å². The lowest BCUT2D eigenvalue weighted by Gasteiger charge is -2.52. The molecular formula is C85H103NO22. The fourth-order valence-corrected chi connectivity index (χ4v) is 14.7. The Hall–Kier alpha value is -7.28. The number of benzene rings is 7. The van der Waals surface area contributed by atoms with Gasteiger partial charge in [-0.05, 0) is 66.6 Å². The quantitative estimate of drug-likeness (QED) is 0.0279. The summed E-state index contributed by atoms with van der Waals surface area (Å²) in [6.07, 6.45) is -27.1. The Morgan fingerprint density at radius 1 is 0.343 bits per heavy atom. The van der Waals surface area contributed by atoms with Crippen molar-refractivity contribution in [1.29, 1.82) is 0 Å². The zero-order valence-corrected chi connectivity index (χ0v) is 62.1. The average molecular weight is 1490 g/mol. The molecule has 0 aliphatic carbocycles. The molecule has 0 radical (unpaired) electrons. The molecule has 10 unspecified atom stereocenters. The summed E-state index contributed by atoms with van der Waals surface area (Å²) in [5.41, 5.74) is 6.15. The summed E-state index contributed by atoms with van der Waals surface area (Å²) in [5.74, 6) is -1.82. The number of hydrogen-bond acceptors (Lipinski definition) is 22. The summed E-state index contributed by atoms with van der Waals surface area (Å²) in [6, 6.07) is 66.9. The minimum absolute atomic E-state index is 0.0252. The number of rotatable bonds is 33. The van der Waals surface area contributed by atoms with Crippen LogP contribution in [0.4, 0.5) is 0 Å². The van der Waals surface area contributed by atoms with Gasteiger partial charge in [-0.25, -0.2) is 0 Å². The van der Waals surface area contributed by atoms with E-state index in [0.717, 1.165) is 38.9 Å². The predicted octanol–water partition coefficient (Wildman–Crippen LogP) is 9.79. The highest BCUT2D eigenvalue weighted by atomic mass is 16.8. The standard InChI is InChI=1S/C85H103NO22/c1-52-71(93-45-60-31-17-9-18-32-60)75(97-49-64-39-25-13-26-40-64)67(51-92-44-59-29-15-8-16-30-59)104-82(52)106-77-70(91)83(100-54(3)72(77)94-46-61-33-19-10-20-34-61)108-80-78(98-50-65-41-27-14-28-42-65)73(95-47-62-35-21-11-22-36-62)55(4)101-84(80)107-79-74(96-48-63-37-23-12-24-38-63)56(5)102-85(81(79)103-58(7)89)105-76-68(86-57(6)88)53(2)99-66(43-87)69(76)90/h8-42,52-56,66-85,87,90-91H,43-51H2,1-7H3,(H,86,88)/t52?,53-,54?,55?,56?,66?,67+,68?,69-,70?,71?,72-,73-,74-,75+,76+,77-,78+,79+,80?,81?,82+,83-,84-,85-/m0/s1. The molecule has 5 saturated heterocycles. The third kappa shape index (κ3) is 21.2. The van der Waals surface area contributed by atoms with Gasteiger partial charge in [-0.3, -0.25) is 9.59 Å². The van der Waals surface area contributed by atoms with Crippen molar-refractivity contribution in [3.63, 3.8) is 0 Å². The number of nitrogens with one attached hydrogen (secondary N) is 1. The molecule has 0 spiro atoms. The van der Waals surface area contributed by atoms with Crippen LogP contribution in [-0.4, -0.2) is 188 Å². The lowest BCUT2D eigenvalue weighted by atomic mass is 9.91. The van der Waals surface area contributed by atoms with Crippen LogP contribution in [0.2, 0.25) is 0 Å². The Labute approximate surface area is 632 Å². The minimum atomic E-state index is -1.70. The van der Waals surface area contributed by atoms with Crippen LogP contribution in [-0.2, 0) is 136 Å². The molecule has 0 saturated carbocycles. The van der Waals surface area contributed by atoms with E-state index >= 15 is 0 Å². The number of carbonyl (C=O) groups is 2. The Morgan fingerprint density at radius 2 is 0.694 bits per heavy atom. The SMILES string of the molecule is CC(=O)NC1[C@H](C)OC(CO)[C@H](O)[C@@H]1O[C@@H]1OC(C)[C@H](OCc2ccccc2)[C@@H](O[C@@H]2OC(C)[C@H](OCc3ccccc3)[C@@H](OCc3ccccc3)C2O[C@@H]2OC(C)[C@H](OCc3ccccc3)[C@@H](O[C@H]3O[C@H](COCc4ccccc4)[C@@H](OCc4ccccc4)C(OCc4ccccc4)C3C)C2O)C1OC(C)=O. The number of aliphatic hydroxyl groups is 3. The molecule has 5 aliphatic rings. The van der Waals surface area contributed by atoms with E-state index in [1.165, 1.54) is 13.8 Å². The molecule has 12 rings (SSSR count). The fraction of sp³-hybridized carbons (Fsp3) is 0.482. The highest BCUT2D eigenvalue weighted by Crippen LogP contribution is 2.42. The summed E-state index contributed by atoms with van der Waals surface area (Å²) >= 11 is 0. The fourth-order valence-electron chi connectivity index (χ4n) is 14.7. The van der Waals surface area contributed by atoms with E-state index in [1.807, 2.05) is 233 Å². The maximum absolute atomic E-state index is 13.8. The van der Waals surface area contributed by atoms with Gasteiger partial charge in [0.2, 0.25) is 5.91 Å². The van der Waals surface area contributed by atoms with Gasteiger partial charge in [-0.1, -0.05) is 219 Å². The molecule has 25 atom stereocenters. The van der Waals surface area contributed by atoms with Crippen LogP contribution < -0.4 is 5.32 Å². The predicted molar refractivity (Wildman–Crippen MR) is 393 cm³/mol. The molecule has 5 heterocycles. The van der Waals surface area contributed by atoms with Crippen LogP contribution >= 0.6 is 0 Å². The van der Waals surface area contributed by atoms with Crippen molar-refractivity contribution in [2.45, 2.75) is 242 Å². The van der Waals surface area contributed by atoms with Crippen molar-refractivity contribution >= 4 is 11.9 Å². The summed E-state index contributed by atoms with van der Waals surface area (Å²) in [7, 11) is 0. The monoisotopic (exact) mass is 1490 g/mol. The lowest BCUT2D eigenvalue weighted by molar-refractivity contribution is -0.402. The van der Waals surface area contributed by atoms with Gasteiger partial charge >= 0.3 is 5.97 Å². The van der Waals surface area contributed by atoms with E-state index in [0.29, 0.717) is 0 Å². The van der Waals surface area contributed by atoms with Crippen molar-refractivity contribution in [1.82, 2.24) is 5.32 Å². The highest BCUT2D eigenvalue weighted by molar-refractivity contribution is 5.73. The lowest BCUT2D eigenvalue weighted by Crippen LogP contribution is -2.69. The summed E-state index contributed by atoms with van der Waals surface area (Å²) < 4.78 is 118. The Balaban J connectivity index is 0.935. The van der Waals surface area contributed by atoms with Gasteiger partial charge in [-0.15, -0.1) is 0 Å². The van der Waals surface area contributed by atoms with Crippen LogP contribution in [0.15, 0.2) is 212 Å². The molecule has 5 fully saturated rings. The zero-order chi connectivity index (χ0) is 75.5. The Kier molecular flexibility index (Phi) is 29.4. The van der Waals surface area contributed by atoms with Crippen LogP contribution in [0.5, 0.6) is 0 Å². The average Bonchev–Trinajstić information content (AvgIpc) is 0.764. The van der Waals surface area contributed by atoms with E-state index in [4.69, 9.17) is 80.5 Å². The maximum atomic E-state index is 13.8. The van der Waals surface area contributed by atoms with E-state index in [-0.39, 0.29) is 52.9 Å². The molecule has 23 nitrogen and oxygen atoms in total. The van der Waals surface area contributed by atoms with Crippen molar-refractivity contribution in [3.05, 3.63) is 251 Å². The van der Waals surface area contributed by atoms with Crippen molar-refractivity contribution in [3.8, 4) is 0 Å². The molecule has 0 bridgehead atoms. The molecule has 5 aliphatic heterocycles. The molecule has 7 aromatic carbocycles. The number of hydrogen-bond donors (Lipinski definition) is 4. The summed E-state index contributed by atoms with van der Waals surface area (Å²) in [6.45, 7) is 12.0. The topological polar surface area (TPSA) is 264 Å². The molecular weight excluding hydrogens is 1390 g/mol.